The Morgan fingerprint density at radius 2 is 1.67 bits per heavy atom. The van der Waals surface area contributed by atoms with Gasteiger partial charge in [-0.3, -0.25) is 0 Å². The van der Waals surface area contributed by atoms with Crippen LogP contribution in [0.5, 0.6) is 5.95 Å². The van der Waals surface area contributed by atoms with Gasteiger partial charge in [0.25, 0.3) is 0 Å². The van der Waals surface area contributed by atoms with Crippen molar-refractivity contribution in [2.75, 3.05) is 13.2 Å². The summed E-state index contributed by atoms with van der Waals surface area (Å²) in [6.07, 6.45) is -3.11. The van der Waals surface area contributed by atoms with Gasteiger partial charge in [-0.25, -0.2) is 4.79 Å². The Labute approximate surface area is 208 Å². The molecular formula is C27H28O9. The van der Waals surface area contributed by atoms with E-state index in [1.54, 1.807) is 27.7 Å². The Kier molecular flexibility index (Phi) is 5.40. The molecule has 0 unspecified atom stereocenters. The van der Waals surface area contributed by atoms with E-state index in [1.165, 1.54) is 0 Å². The highest BCUT2D eigenvalue weighted by atomic mass is 16.9. The number of carbonyl (C=O) groups excluding carboxylic acids is 1. The van der Waals surface area contributed by atoms with E-state index in [0.717, 1.165) is 10.9 Å². The third-order valence-electron chi connectivity index (χ3n) is 6.51. The zero-order valence-corrected chi connectivity index (χ0v) is 20.5. The number of para-hydroxylation sites is 1. The second-order valence-corrected chi connectivity index (χ2v) is 10.1. The minimum absolute atomic E-state index is 0.0302. The van der Waals surface area contributed by atoms with Gasteiger partial charge in [-0.15, -0.1) is 0 Å². The predicted octanol–water partition coefficient (Wildman–Crippen LogP) is 5.01. The molecule has 190 valence electrons. The van der Waals surface area contributed by atoms with E-state index in [-0.39, 0.29) is 19.2 Å². The smallest absolute Gasteiger partial charge is 0.425 e. The Morgan fingerprint density at radius 1 is 0.917 bits per heavy atom. The van der Waals surface area contributed by atoms with E-state index in [9.17, 15) is 4.79 Å². The van der Waals surface area contributed by atoms with Gasteiger partial charge in [0.05, 0.1) is 12.2 Å². The van der Waals surface area contributed by atoms with Crippen LogP contribution in [0.3, 0.4) is 0 Å². The molecule has 0 saturated carbocycles. The average molecular weight is 497 g/mol. The van der Waals surface area contributed by atoms with Crippen LogP contribution in [0.2, 0.25) is 0 Å². The van der Waals surface area contributed by atoms with Crippen LogP contribution in [0.15, 0.2) is 59.0 Å². The first-order valence-corrected chi connectivity index (χ1v) is 11.9. The summed E-state index contributed by atoms with van der Waals surface area (Å²) in [4.78, 5) is 13.2. The van der Waals surface area contributed by atoms with Gasteiger partial charge in [-0.05, 0) is 39.3 Å². The van der Waals surface area contributed by atoms with Crippen molar-refractivity contribution in [1.29, 1.82) is 0 Å². The van der Waals surface area contributed by atoms with Gasteiger partial charge >= 0.3 is 12.1 Å². The summed E-state index contributed by atoms with van der Waals surface area (Å²) in [6.45, 7) is 7.37. The number of carbonyl (C=O) groups is 1. The molecule has 3 aliphatic heterocycles. The predicted molar refractivity (Wildman–Crippen MR) is 126 cm³/mol. The summed E-state index contributed by atoms with van der Waals surface area (Å²) >= 11 is 0. The van der Waals surface area contributed by atoms with E-state index >= 15 is 0 Å². The van der Waals surface area contributed by atoms with Crippen molar-refractivity contribution < 1.29 is 42.4 Å². The van der Waals surface area contributed by atoms with Crippen LogP contribution in [-0.4, -0.2) is 55.0 Å². The Morgan fingerprint density at radius 3 is 2.42 bits per heavy atom. The summed E-state index contributed by atoms with van der Waals surface area (Å²) in [5.74, 6) is -3.16. The lowest BCUT2D eigenvalue weighted by Gasteiger charge is -2.42. The highest BCUT2D eigenvalue weighted by molar-refractivity contribution is 5.97. The fourth-order valence-corrected chi connectivity index (χ4v) is 5.10. The fourth-order valence-electron chi connectivity index (χ4n) is 5.10. The molecule has 3 saturated heterocycles. The molecule has 0 radical (unpaired) electrons. The van der Waals surface area contributed by atoms with Gasteiger partial charge in [0.1, 0.15) is 24.4 Å². The van der Waals surface area contributed by atoms with Crippen LogP contribution in [-0.2, 0) is 28.4 Å². The number of hydrogen-bond acceptors (Lipinski definition) is 9. The lowest BCUT2D eigenvalue weighted by molar-refractivity contribution is -0.326. The molecule has 9 nitrogen and oxygen atoms in total. The minimum atomic E-state index is -1.37. The van der Waals surface area contributed by atoms with Gasteiger partial charge in [0.15, 0.2) is 17.7 Å². The number of benzene rings is 2. The maximum absolute atomic E-state index is 13.2. The zero-order chi connectivity index (χ0) is 25.1. The topological polar surface area (TPSA) is 94.8 Å². The average Bonchev–Trinajstić information content (AvgIpc) is 3.46. The lowest BCUT2D eigenvalue weighted by atomic mass is 9.97. The first-order chi connectivity index (χ1) is 17.1. The summed E-state index contributed by atoms with van der Waals surface area (Å²) in [5, 5.41) is 0.813. The number of furan rings is 1. The van der Waals surface area contributed by atoms with E-state index in [2.05, 4.69) is 0 Å². The maximum atomic E-state index is 13.2. The SMILES string of the molecule is CC1(C)O[C@@H]2[C@@H](CO[C@]3(COC(C)(C)O3)[C@H]2OC(=O)Oc2oc3ccccc3c2-c2ccccc2)O1. The molecule has 2 aromatic carbocycles. The van der Waals surface area contributed by atoms with Crippen LogP contribution in [0, 0.1) is 0 Å². The maximum Gasteiger partial charge on any atom is 0.516 e. The van der Waals surface area contributed by atoms with Crippen molar-refractivity contribution in [2.24, 2.45) is 0 Å². The fraction of sp³-hybridized carbons (Fsp3) is 0.444. The van der Waals surface area contributed by atoms with E-state index in [4.69, 9.17) is 37.6 Å². The quantitative estimate of drug-likeness (QED) is 0.464. The van der Waals surface area contributed by atoms with Gasteiger partial charge in [-0.2, -0.15) is 0 Å². The molecule has 0 N–H and O–H groups in total. The van der Waals surface area contributed by atoms with Crippen molar-refractivity contribution in [3.8, 4) is 17.1 Å². The Bertz CT molecular complexity index is 1280. The van der Waals surface area contributed by atoms with Crippen molar-refractivity contribution in [3.63, 3.8) is 0 Å². The minimum Gasteiger partial charge on any atom is -0.425 e. The van der Waals surface area contributed by atoms with Crippen molar-refractivity contribution >= 4 is 17.1 Å². The third kappa shape index (κ3) is 4.07. The summed E-state index contributed by atoms with van der Waals surface area (Å²) < 4.78 is 47.5. The molecule has 36 heavy (non-hydrogen) atoms. The molecule has 3 fully saturated rings. The highest BCUT2D eigenvalue weighted by Gasteiger charge is 2.64. The largest absolute Gasteiger partial charge is 0.516 e. The first kappa shape index (κ1) is 23.4. The highest BCUT2D eigenvalue weighted by Crippen LogP contribution is 2.46. The molecule has 4 atom stereocenters. The lowest BCUT2D eigenvalue weighted by Crippen LogP contribution is -2.63. The third-order valence-corrected chi connectivity index (χ3v) is 6.51. The number of rotatable bonds is 3. The molecule has 6 rings (SSSR count). The normalized spacial score (nSPS) is 30.4. The standard InChI is InChI=1S/C27H28O9/c1-25(2)30-15-27(36-25)22(21-19(14-29-27)34-26(3,4)35-21)32-24(28)33-23-20(16-10-6-5-7-11-16)17-12-8-9-13-18(17)31-23/h5-13,19,21-22H,14-15H2,1-4H3/t19-,21-,22+,27+/m1/s1. The molecule has 1 spiro atoms. The zero-order valence-electron chi connectivity index (χ0n) is 20.5. The van der Waals surface area contributed by atoms with Crippen LogP contribution in [0.1, 0.15) is 27.7 Å². The second-order valence-electron chi connectivity index (χ2n) is 10.1. The molecule has 0 aliphatic carbocycles. The van der Waals surface area contributed by atoms with Crippen molar-refractivity contribution in [3.05, 3.63) is 54.6 Å². The van der Waals surface area contributed by atoms with Crippen LogP contribution < -0.4 is 4.74 Å². The van der Waals surface area contributed by atoms with Crippen molar-refractivity contribution in [1.82, 2.24) is 0 Å². The summed E-state index contributed by atoms with van der Waals surface area (Å²) in [6, 6.07) is 17.0. The van der Waals surface area contributed by atoms with Crippen LogP contribution in [0.4, 0.5) is 4.79 Å². The first-order valence-electron chi connectivity index (χ1n) is 11.9. The Balaban J connectivity index is 1.32. The summed E-state index contributed by atoms with van der Waals surface area (Å²) in [7, 11) is 0. The van der Waals surface area contributed by atoms with Gasteiger partial charge in [0.2, 0.25) is 5.79 Å². The van der Waals surface area contributed by atoms with Crippen LogP contribution in [0.25, 0.3) is 22.1 Å². The molecular weight excluding hydrogens is 468 g/mol. The van der Waals surface area contributed by atoms with Crippen molar-refractivity contribution in [2.45, 2.75) is 63.4 Å². The second kappa shape index (κ2) is 8.29. The van der Waals surface area contributed by atoms with Gasteiger partial charge < -0.3 is 37.6 Å². The van der Waals surface area contributed by atoms with Gasteiger partial charge in [0, 0.05) is 5.39 Å². The van der Waals surface area contributed by atoms with E-state index < -0.39 is 41.8 Å². The molecule has 3 aliphatic rings. The van der Waals surface area contributed by atoms with E-state index in [1.807, 2.05) is 54.6 Å². The molecule has 9 heteroatoms. The molecule has 4 heterocycles. The molecule has 3 aromatic rings. The number of ether oxygens (including phenoxy) is 7. The van der Waals surface area contributed by atoms with E-state index in [0.29, 0.717) is 11.1 Å². The molecule has 0 bridgehead atoms. The van der Waals surface area contributed by atoms with Crippen LogP contribution >= 0.6 is 0 Å². The summed E-state index contributed by atoms with van der Waals surface area (Å²) in [5.41, 5.74) is 2.07. The monoisotopic (exact) mass is 496 g/mol. The number of hydrogen-bond donors (Lipinski definition) is 0. The molecule has 0 amide bonds. The Hall–Kier alpha value is -2.95. The molecule has 1 aromatic heterocycles. The number of fused-ring (bicyclic) bond motifs is 2. The van der Waals surface area contributed by atoms with Gasteiger partial charge in [-0.1, -0.05) is 48.5 Å².